The number of allylic oxidation sites excluding steroid dienone is 4. The highest BCUT2D eigenvalue weighted by atomic mass is 15.0. The first-order valence-corrected chi connectivity index (χ1v) is 32.3. The van der Waals surface area contributed by atoms with Crippen molar-refractivity contribution < 1.29 is 0 Å². The molecule has 1 atom stereocenters. The average Bonchev–Trinajstić information content (AvgIpc) is 1.58. The fourth-order valence-electron chi connectivity index (χ4n) is 15.5. The molecule has 2 aromatic heterocycles. The van der Waals surface area contributed by atoms with Gasteiger partial charge in [0, 0.05) is 38.5 Å². The van der Waals surface area contributed by atoms with Gasteiger partial charge in [0.25, 0.3) is 0 Å². The Balaban J connectivity index is 0.646. The molecule has 434 valence electrons. The molecule has 0 saturated carbocycles. The summed E-state index contributed by atoms with van der Waals surface area (Å²) in [6, 6.07) is 128. The first-order chi connectivity index (χ1) is 46.1. The number of nitrogens with zero attached hydrogens (tertiary/aromatic N) is 2. The number of para-hydroxylation sites is 2. The lowest BCUT2D eigenvalue weighted by Gasteiger charge is -2.38. The summed E-state index contributed by atoms with van der Waals surface area (Å²) in [6.07, 6.45) is 6.70. The Bertz CT molecular complexity index is 5640. The van der Waals surface area contributed by atoms with Gasteiger partial charge in [-0.05, 0) is 197 Å². The molecule has 16 aromatic rings. The zero-order valence-electron chi connectivity index (χ0n) is 51.1. The predicted molar refractivity (Wildman–Crippen MR) is 389 cm³/mol. The summed E-state index contributed by atoms with van der Waals surface area (Å²) in [5, 5.41) is 4.95. The highest BCUT2D eigenvalue weighted by Gasteiger charge is 2.48. The van der Waals surface area contributed by atoms with Gasteiger partial charge in [-0.25, -0.2) is 0 Å². The lowest BCUT2D eigenvalue weighted by molar-refractivity contribution is 0.698. The van der Waals surface area contributed by atoms with Crippen molar-refractivity contribution in [3.63, 3.8) is 0 Å². The molecule has 93 heavy (non-hydrogen) atoms. The molecule has 0 aliphatic heterocycles. The van der Waals surface area contributed by atoms with E-state index in [1.165, 1.54) is 144 Å². The zero-order chi connectivity index (χ0) is 61.4. The Kier molecular flexibility index (Phi) is 12.9. The smallest absolute Gasteiger partial charge is 0.0683 e. The monoisotopic (exact) mass is 1180 g/mol. The third-order valence-corrected chi connectivity index (χ3v) is 19.8. The summed E-state index contributed by atoms with van der Waals surface area (Å²) < 4.78 is 4.83. The van der Waals surface area contributed by atoms with Crippen molar-refractivity contribution in [1.82, 2.24) is 9.13 Å². The number of rotatable bonds is 11. The first-order valence-electron chi connectivity index (χ1n) is 32.3. The highest BCUT2D eigenvalue weighted by Crippen LogP contribution is 2.59. The fourth-order valence-corrected chi connectivity index (χ4v) is 15.5. The highest BCUT2D eigenvalue weighted by molar-refractivity contribution is 6.13. The van der Waals surface area contributed by atoms with E-state index in [1.54, 1.807) is 0 Å². The normalized spacial score (nSPS) is 14.2. The Morgan fingerprint density at radius 3 is 1.37 bits per heavy atom. The first kappa shape index (κ1) is 54.0. The molecular weight excluding hydrogens is 1120 g/mol. The van der Waals surface area contributed by atoms with Crippen LogP contribution in [0.3, 0.4) is 0 Å². The molecule has 0 spiro atoms. The van der Waals surface area contributed by atoms with Gasteiger partial charge in [0.15, 0.2) is 0 Å². The van der Waals surface area contributed by atoms with E-state index in [-0.39, 0.29) is 0 Å². The van der Waals surface area contributed by atoms with Gasteiger partial charge in [-0.15, -0.1) is 0 Å². The van der Waals surface area contributed by atoms with Gasteiger partial charge in [0.1, 0.15) is 0 Å². The van der Waals surface area contributed by atoms with Crippen LogP contribution >= 0.6 is 0 Å². The second-order valence-electron chi connectivity index (χ2n) is 24.8. The van der Waals surface area contributed by atoms with Crippen LogP contribution < -0.4 is 0 Å². The van der Waals surface area contributed by atoms with E-state index < -0.39 is 5.41 Å². The summed E-state index contributed by atoms with van der Waals surface area (Å²) in [4.78, 5) is 0. The maximum absolute atomic E-state index is 3.57. The van der Waals surface area contributed by atoms with E-state index >= 15 is 0 Å². The van der Waals surface area contributed by atoms with E-state index in [0.717, 1.165) is 35.3 Å². The van der Waals surface area contributed by atoms with Gasteiger partial charge in [-0.2, -0.15) is 0 Å². The van der Waals surface area contributed by atoms with Crippen LogP contribution in [0.2, 0.25) is 0 Å². The molecule has 2 heteroatoms. The third-order valence-electron chi connectivity index (χ3n) is 19.8. The fraction of sp³-hybridized carbons (Fsp3) is 0.0330. The second-order valence-corrected chi connectivity index (χ2v) is 24.8. The maximum Gasteiger partial charge on any atom is 0.0683 e. The van der Waals surface area contributed by atoms with Crippen LogP contribution in [0.4, 0.5) is 0 Å². The summed E-state index contributed by atoms with van der Waals surface area (Å²) in [6.45, 7) is 0. The van der Waals surface area contributed by atoms with Crippen molar-refractivity contribution in [1.29, 1.82) is 0 Å². The van der Waals surface area contributed by atoms with Gasteiger partial charge in [0.2, 0.25) is 0 Å². The Morgan fingerprint density at radius 1 is 0.301 bits per heavy atom. The Hall–Kier alpha value is -12.0. The van der Waals surface area contributed by atoms with Gasteiger partial charge >= 0.3 is 0 Å². The minimum absolute atomic E-state index is 0.532. The van der Waals surface area contributed by atoms with Crippen LogP contribution in [0.5, 0.6) is 0 Å². The summed E-state index contributed by atoms with van der Waals surface area (Å²) in [5.41, 5.74) is 30.9. The van der Waals surface area contributed by atoms with Crippen LogP contribution in [0.25, 0.3) is 138 Å². The van der Waals surface area contributed by atoms with E-state index in [9.17, 15) is 0 Å². The molecule has 0 bridgehead atoms. The predicted octanol–water partition coefficient (Wildman–Crippen LogP) is 23.6. The van der Waals surface area contributed by atoms with Crippen LogP contribution in [0.1, 0.15) is 35.1 Å². The Morgan fingerprint density at radius 2 is 0.742 bits per heavy atom. The number of benzene rings is 13. The molecular formula is C91H60N2. The van der Waals surface area contributed by atoms with Crippen molar-refractivity contribution in [3.8, 4) is 89.3 Å². The van der Waals surface area contributed by atoms with Gasteiger partial charge in [-0.3, -0.25) is 0 Å². The minimum atomic E-state index is -0.532. The molecule has 0 N–H and O–H groups in total. The number of aromatic nitrogens is 2. The Labute approximate surface area is 542 Å². The summed E-state index contributed by atoms with van der Waals surface area (Å²) in [7, 11) is 0. The van der Waals surface area contributed by atoms with Gasteiger partial charge < -0.3 is 9.13 Å². The van der Waals surface area contributed by atoms with Crippen LogP contribution in [0.15, 0.2) is 345 Å². The minimum Gasteiger partial charge on any atom is -0.309 e. The molecule has 0 amide bonds. The molecule has 1 unspecified atom stereocenters. The largest absolute Gasteiger partial charge is 0.309 e. The lowest BCUT2D eigenvalue weighted by Crippen LogP contribution is -2.31. The second kappa shape index (κ2) is 22.2. The number of hydrogen-bond donors (Lipinski definition) is 0. The van der Waals surface area contributed by atoms with Crippen LogP contribution in [0, 0.1) is 12.1 Å². The van der Waals surface area contributed by atoms with Crippen molar-refractivity contribution in [3.05, 3.63) is 380 Å². The SMILES string of the molecule is c1cc(-c2ccccc2)cc(-c2ccccc2C2(c3cccc(-c4ccc(-c5ccc(-c6cccc(-n7c8ccccc8c8cc(-c9ccc%10c(c9)c9ccccc9n%10-c9ccc(-c%10ccccc%10)cc9)ccc87)c6)cc5)cc4)c3)C3=C(C=CCC3)c3ccccc32)c#1. The average molecular weight is 1180 g/mol. The van der Waals surface area contributed by atoms with E-state index in [1.807, 2.05) is 0 Å². The standard InChI is InChI=1S/C91H60N2/c1-3-20-61(21-4-1)65-48-52-75(53-49-65)92-87-38-15-10-33-80(87)82-59-71(50-54-89(82)92)72-51-55-90-83(60-72)81-34-11-16-39-88(81)93(90)76-29-19-26-70(58-76)67-46-42-64(43-47-67)63-40-44-66(45-41-63)69-25-18-28-74(57-69)91(85-36-13-8-31-78(85)79-32-9-14-37-86(79)91)84-35-12-7-30-77(84)73-27-17-24-68(56-73)62-22-5-2-6-23-62/h1-13,15-16,18-26,28-36,38-60H,14,37H2. The molecule has 2 aliphatic carbocycles. The molecule has 2 nitrogen and oxygen atoms in total. The van der Waals surface area contributed by atoms with Crippen LogP contribution in [-0.4, -0.2) is 9.13 Å². The molecule has 18 rings (SSSR count). The molecule has 2 aliphatic rings. The zero-order valence-corrected chi connectivity index (χ0v) is 51.1. The van der Waals surface area contributed by atoms with Gasteiger partial charge in [0.05, 0.1) is 27.5 Å². The summed E-state index contributed by atoms with van der Waals surface area (Å²) in [5.74, 6) is 0. The van der Waals surface area contributed by atoms with Crippen molar-refractivity contribution in [2.45, 2.75) is 18.3 Å². The maximum atomic E-state index is 3.57. The number of hydrogen-bond acceptors (Lipinski definition) is 0. The van der Waals surface area contributed by atoms with Gasteiger partial charge in [-0.1, -0.05) is 273 Å². The lowest BCUT2D eigenvalue weighted by atomic mass is 9.63. The molecule has 0 radical (unpaired) electrons. The van der Waals surface area contributed by atoms with E-state index in [2.05, 4.69) is 361 Å². The van der Waals surface area contributed by atoms with Crippen molar-refractivity contribution >= 4 is 49.2 Å². The van der Waals surface area contributed by atoms with E-state index in [0.29, 0.717) is 0 Å². The summed E-state index contributed by atoms with van der Waals surface area (Å²) >= 11 is 0. The molecule has 0 saturated heterocycles. The van der Waals surface area contributed by atoms with E-state index in [4.69, 9.17) is 0 Å². The van der Waals surface area contributed by atoms with Crippen LogP contribution in [-0.2, 0) is 5.41 Å². The molecule has 14 aromatic carbocycles. The third kappa shape index (κ3) is 8.96. The topological polar surface area (TPSA) is 9.86 Å². The number of fused-ring (bicyclic) bond motifs is 8. The molecule has 2 heterocycles. The molecule has 0 fully saturated rings. The van der Waals surface area contributed by atoms with Crippen molar-refractivity contribution in [2.24, 2.45) is 0 Å². The quantitative estimate of drug-likeness (QED) is 0.122. The van der Waals surface area contributed by atoms with Crippen molar-refractivity contribution in [2.75, 3.05) is 0 Å².